The van der Waals surface area contributed by atoms with Crippen molar-refractivity contribution < 1.29 is 9.53 Å². The fraction of sp³-hybridized carbons (Fsp3) is 0.900. The molecule has 0 radical (unpaired) electrons. The summed E-state index contributed by atoms with van der Waals surface area (Å²) in [5.41, 5.74) is 3.22. The second kappa shape index (κ2) is 8.46. The lowest BCUT2D eigenvalue weighted by Gasteiger charge is -2.66. The van der Waals surface area contributed by atoms with E-state index in [1.54, 1.807) is 5.57 Å². The quantitative estimate of drug-likeness (QED) is 0.292. The molecule has 8 atom stereocenters. The number of rotatable bonds is 7. The van der Waals surface area contributed by atoms with Crippen LogP contribution in [0.4, 0.5) is 0 Å². The van der Waals surface area contributed by atoms with Crippen LogP contribution in [-0.4, -0.2) is 12.6 Å². The smallest absolute Gasteiger partial charge is 0.293 e. The number of hydrogen-bond donors (Lipinski definition) is 0. The van der Waals surface area contributed by atoms with E-state index < -0.39 is 0 Å². The molecule has 4 aliphatic carbocycles. The maximum Gasteiger partial charge on any atom is 0.293 e. The highest BCUT2D eigenvalue weighted by Crippen LogP contribution is 2.75. The zero-order chi connectivity index (χ0) is 23.4. The van der Waals surface area contributed by atoms with Crippen molar-refractivity contribution in [2.45, 2.75) is 125 Å². The van der Waals surface area contributed by atoms with Crippen LogP contribution >= 0.6 is 0 Å². The molecule has 0 N–H and O–H groups in total. The number of allylic oxidation sites excluding steroid dienone is 1. The largest absolute Gasteiger partial charge is 0.464 e. The summed E-state index contributed by atoms with van der Waals surface area (Å²) in [6.07, 6.45) is 16.9. The highest BCUT2D eigenvalue weighted by atomic mass is 16.5. The summed E-state index contributed by atoms with van der Waals surface area (Å²) in [7, 11) is 0. The van der Waals surface area contributed by atoms with Crippen LogP contribution in [0.2, 0.25) is 0 Å². The minimum absolute atomic E-state index is 0.0976. The highest BCUT2D eigenvalue weighted by molar-refractivity contribution is 5.38. The summed E-state index contributed by atoms with van der Waals surface area (Å²) in [6.45, 7) is 18.5. The van der Waals surface area contributed by atoms with Gasteiger partial charge in [-0.05, 0) is 90.3 Å². The summed E-state index contributed by atoms with van der Waals surface area (Å²) in [5, 5.41) is 0. The Balaban J connectivity index is 1.57. The topological polar surface area (TPSA) is 26.3 Å². The summed E-state index contributed by atoms with van der Waals surface area (Å²) >= 11 is 0. The average Bonchev–Trinajstić information content (AvgIpc) is 3.01. The molecular weight excluding hydrogens is 392 g/mol. The second-order valence-corrected chi connectivity index (χ2v) is 13.7. The summed E-state index contributed by atoms with van der Waals surface area (Å²) in [4.78, 5) is 10.9. The molecule has 0 heterocycles. The first-order valence-electron chi connectivity index (χ1n) is 13.8. The molecule has 0 spiro atoms. The predicted octanol–water partition coefficient (Wildman–Crippen LogP) is 8.35. The Morgan fingerprint density at radius 2 is 1.75 bits per heavy atom. The first kappa shape index (κ1) is 24.3. The fourth-order valence-electron chi connectivity index (χ4n) is 9.60. The van der Waals surface area contributed by atoms with Crippen LogP contribution in [0.15, 0.2) is 11.6 Å². The molecule has 0 aromatic carbocycles. The molecule has 0 aliphatic heterocycles. The maximum absolute atomic E-state index is 10.9. The van der Waals surface area contributed by atoms with Crippen molar-refractivity contribution in [2.75, 3.05) is 0 Å². The fourth-order valence-corrected chi connectivity index (χ4v) is 9.60. The lowest BCUT2D eigenvalue weighted by molar-refractivity contribution is -0.147. The molecule has 32 heavy (non-hydrogen) atoms. The predicted molar refractivity (Wildman–Crippen MR) is 133 cm³/mol. The van der Waals surface area contributed by atoms with Crippen molar-refractivity contribution in [3.8, 4) is 0 Å². The lowest BCUT2D eigenvalue weighted by atomic mass is 9.39. The molecule has 0 bridgehead atoms. The molecule has 0 aromatic heterocycles. The van der Waals surface area contributed by atoms with E-state index in [0.717, 1.165) is 36.5 Å². The summed E-state index contributed by atoms with van der Waals surface area (Å²) in [5.74, 6) is 3.32. The van der Waals surface area contributed by atoms with E-state index in [0.29, 0.717) is 22.7 Å². The van der Waals surface area contributed by atoms with Crippen molar-refractivity contribution in [2.24, 2.45) is 45.3 Å². The lowest BCUT2D eigenvalue weighted by Crippen LogP contribution is -2.58. The summed E-state index contributed by atoms with van der Waals surface area (Å²) in [6, 6.07) is 0. The van der Waals surface area contributed by atoms with Gasteiger partial charge in [-0.15, -0.1) is 0 Å². The van der Waals surface area contributed by atoms with Gasteiger partial charge in [0, 0.05) is 6.42 Å². The van der Waals surface area contributed by atoms with Gasteiger partial charge in [-0.1, -0.05) is 79.4 Å². The van der Waals surface area contributed by atoms with Crippen LogP contribution < -0.4 is 0 Å². The maximum atomic E-state index is 10.9. The van der Waals surface area contributed by atoms with Crippen LogP contribution in [0.5, 0.6) is 0 Å². The van der Waals surface area contributed by atoms with Crippen molar-refractivity contribution in [1.29, 1.82) is 0 Å². The monoisotopic (exact) mass is 442 g/mol. The Kier molecular flexibility index (Phi) is 6.43. The first-order chi connectivity index (χ1) is 15.0. The molecule has 182 valence electrons. The van der Waals surface area contributed by atoms with Crippen molar-refractivity contribution in [3.05, 3.63) is 11.6 Å². The standard InChI is InChI=1S/C30H50O2/c1-21(2)9-8-10-22(3)27(4)17-18-28(5)25(27)14-16-30(7)26(28)12-11-23-19-24(32-20-31)13-15-29(23,30)6/h11,20-22,24-26H,8-10,12-19H2,1-7H3/t22-,24?,25-,26+,27-,28-,29+,30+/m1/s1. The average molecular weight is 443 g/mol. The van der Waals surface area contributed by atoms with Gasteiger partial charge in [-0.2, -0.15) is 0 Å². The molecule has 0 amide bonds. The zero-order valence-corrected chi connectivity index (χ0v) is 22.1. The Labute approximate surface area is 198 Å². The minimum Gasteiger partial charge on any atom is -0.464 e. The van der Waals surface area contributed by atoms with E-state index >= 15 is 0 Å². The minimum atomic E-state index is 0.0976. The SMILES string of the molecule is CC(C)CCC[C@@H](C)[C@@]1(C)CC[C@]2(C)[C@@H]1CC[C@@]1(C)[C@H]2CC=C2CC(OC=O)CC[C@@]21C. The van der Waals surface area contributed by atoms with E-state index in [9.17, 15) is 4.79 Å². The molecule has 4 rings (SSSR count). The van der Waals surface area contributed by atoms with Crippen LogP contribution in [0.1, 0.15) is 119 Å². The van der Waals surface area contributed by atoms with Gasteiger partial charge >= 0.3 is 0 Å². The molecule has 1 unspecified atom stereocenters. The van der Waals surface area contributed by atoms with E-state index in [2.05, 4.69) is 54.5 Å². The van der Waals surface area contributed by atoms with E-state index in [1.807, 2.05) is 0 Å². The second-order valence-electron chi connectivity index (χ2n) is 13.7. The molecule has 0 saturated heterocycles. The third-order valence-electron chi connectivity index (χ3n) is 12.1. The Morgan fingerprint density at radius 1 is 1.00 bits per heavy atom. The molecule has 0 aromatic rings. The van der Waals surface area contributed by atoms with Gasteiger partial charge in [0.2, 0.25) is 0 Å². The Hall–Kier alpha value is -0.790. The number of ether oxygens (including phenoxy) is 1. The number of carbonyl (C=O) groups is 1. The van der Waals surface area contributed by atoms with Gasteiger partial charge in [0.1, 0.15) is 6.10 Å². The van der Waals surface area contributed by atoms with Gasteiger partial charge in [0.25, 0.3) is 6.47 Å². The van der Waals surface area contributed by atoms with E-state index in [-0.39, 0.29) is 11.5 Å². The van der Waals surface area contributed by atoms with Crippen molar-refractivity contribution in [1.82, 2.24) is 0 Å². The van der Waals surface area contributed by atoms with Gasteiger partial charge in [-0.3, -0.25) is 4.79 Å². The van der Waals surface area contributed by atoms with Crippen LogP contribution in [0.3, 0.4) is 0 Å². The van der Waals surface area contributed by atoms with Crippen molar-refractivity contribution >= 4 is 6.47 Å². The molecule has 3 fully saturated rings. The van der Waals surface area contributed by atoms with Gasteiger partial charge in [-0.25, -0.2) is 0 Å². The van der Waals surface area contributed by atoms with Crippen LogP contribution in [0.25, 0.3) is 0 Å². The molecular formula is C30H50O2. The third kappa shape index (κ3) is 3.52. The van der Waals surface area contributed by atoms with Crippen LogP contribution in [-0.2, 0) is 9.53 Å². The Morgan fingerprint density at radius 3 is 2.44 bits per heavy atom. The molecule has 3 saturated carbocycles. The number of carbonyl (C=O) groups excluding carboxylic acids is 1. The van der Waals surface area contributed by atoms with E-state index in [1.165, 1.54) is 57.8 Å². The summed E-state index contributed by atoms with van der Waals surface area (Å²) < 4.78 is 5.41. The van der Waals surface area contributed by atoms with Gasteiger partial charge < -0.3 is 4.74 Å². The zero-order valence-electron chi connectivity index (χ0n) is 22.1. The van der Waals surface area contributed by atoms with Gasteiger partial charge in [0.15, 0.2) is 0 Å². The van der Waals surface area contributed by atoms with Gasteiger partial charge in [0.05, 0.1) is 0 Å². The van der Waals surface area contributed by atoms with Crippen LogP contribution in [0, 0.1) is 45.3 Å². The highest BCUT2D eigenvalue weighted by Gasteiger charge is 2.67. The third-order valence-corrected chi connectivity index (χ3v) is 12.1. The first-order valence-corrected chi connectivity index (χ1v) is 13.8. The Bertz CT molecular complexity index is 739. The number of hydrogen-bond acceptors (Lipinski definition) is 2. The van der Waals surface area contributed by atoms with E-state index in [4.69, 9.17) is 4.74 Å². The van der Waals surface area contributed by atoms with Crippen molar-refractivity contribution in [3.63, 3.8) is 0 Å². The molecule has 2 nitrogen and oxygen atoms in total. The molecule has 2 heteroatoms. The normalized spacial score (nSPS) is 46.6. The molecule has 4 aliphatic rings. The number of fused-ring (bicyclic) bond motifs is 5.